The van der Waals surface area contributed by atoms with Gasteiger partial charge in [0.1, 0.15) is 6.61 Å². The van der Waals surface area contributed by atoms with Gasteiger partial charge < -0.3 is 9.47 Å². The molecule has 29 heavy (non-hydrogen) atoms. The Balaban J connectivity index is 1.86. The van der Waals surface area contributed by atoms with Crippen LogP contribution in [0.25, 0.3) is 6.08 Å². The second kappa shape index (κ2) is 9.24. The molecule has 2 amide bonds. The van der Waals surface area contributed by atoms with E-state index < -0.39 is 0 Å². The van der Waals surface area contributed by atoms with Crippen molar-refractivity contribution in [3.05, 3.63) is 61.9 Å². The van der Waals surface area contributed by atoms with E-state index in [2.05, 4.69) is 15.9 Å². The summed E-state index contributed by atoms with van der Waals surface area (Å²) in [6, 6.07) is 10.8. The Bertz CT molecular complexity index is 993. The Morgan fingerprint density at radius 1 is 1.24 bits per heavy atom. The number of halogens is 2. The van der Waals surface area contributed by atoms with Crippen molar-refractivity contribution in [2.45, 2.75) is 26.5 Å². The third-order valence-electron chi connectivity index (χ3n) is 4.22. The maximum atomic E-state index is 12.5. The van der Waals surface area contributed by atoms with E-state index >= 15 is 0 Å². The zero-order valence-corrected chi connectivity index (χ0v) is 19.2. The minimum Gasteiger partial charge on any atom is -0.493 e. The minimum atomic E-state index is -0.288. The second-order valence-electron chi connectivity index (χ2n) is 6.56. The SMILES string of the molecule is COc1cc(/C=C2\SC(=O)N(C(C)C)C2=O)cc(Br)c1OCc1ccccc1Cl. The van der Waals surface area contributed by atoms with Gasteiger partial charge in [0.05, 0.1) is 16.5 Å². The predicted octanol–water partition coefficient (Wildman–Crippen LogP) is 6.13. The van der Waals surface area contributed by atoms with Crippen molar-refractivity contribution < 1.29 is 19.1 Å². The zero-order chi connectivity index (χ0) is 21.1. The van der Waals surface area contributed by atoms with Gasteiger partial charge in [0.2, 0.25) is 0 Å². The summed E-state index contributed by atoms with van der Waals surface area (Å²) in [4.78, 5) is 26.2. The average molecular weight is 497 g/mol. The van der Waals surface area contributed by atoms with Crippen molar-refractivity contribution in [3.8, 4) is 11.5 Å². The number of amides is 2. The highest BCUT2D eigenvalue weighted by atomic mass is 79.9. The van der Waals surface area contributed by atoms with Gasteiger partial charge in [-0.1, -0.05) is 29.8 Å². The Morgan fingerprint density at radius 2 is 1.97 bits per heavy atom. The first kappa shape index (κ1) is 21.7. The van der Waals surface area contributed by atoms with Crippen LogP contribution in [0.3, 0.4) is 0 Å². The van der Waals surface area contributed by atoms with Crippen LogP contribution in [0.1, 0.15) is 25.0 Å². The largest absolute Gasteiger partial charge is 0.493 e. The van der Waals surface area contributed by atoms with Gasteiger partial charge in [-0.25, -0.2) is 0 Å². The summed E-state index contributed by atoms with van der Waals surface area (Å²) >= 11 is 10.6. The lowest BCUT2D eigenvalue weighted by Gasteiger charge is -2.16. The fourth-order valence-corrected chi connectivity index (χ4v) is 4.53. The summed E-state index contributed by atoms with van der Waals surface area (Å²) in [7, 11) is 1.54. The molecule has 0 saturated carbocycles. The standard InChI is InChI=1S/C21H19BrClNO4S/c1-12(2)24-20(25)18(29-21(24)26)10-13-8-15(22)19(17(9-13)27-3)28-11-14-6-4-5-7-16(14)23/h4-10,12H,11H2,1-3H3/b18-10-. The summed E-state index contributed by atoms with van der Waals surface area (Å²) in [6.45, 7) is 3.90. The number of carbonyl (C=O) groups excluding carboxylic acids is 2. The van der Waals surface area contributed by atoms with Crippen LogP contribution in [0.15, 0.2) is 45.8 Å². The molecule has 0 spiro atoms. The van der Waals surface area contributed by atoms with Crippen molar-refractivity contribution in [2.75, 3.05) is 7.11 Å². The number of thioether (sulfide) groups is 1. The summed E-state index contributed by atoms with van der Waals surface area (Å²) in [5.41, 5.74) is 1.57. The number of hydrogen-bond donors (Lipinski definition) is 0. The molecule has 0 N–H and O–H groups in total. The van der Waals surface area contributed by atoms with Crippen molar-refractivity contribution in [1.82, 2.24) is 4.90 Å². The first-order valence-electron chi connectivity index (χ1n) is 8.82. The summed E-state index contributed by atoms with van der Waals surface area (Å²) in [6.07, 6.45) is 1.68. The molecule has 0 unspecified atom stereocenters. The fraction of sp³-hybridized carbons (Fsp3) is 0.238. The molecule has 1 aliphatic heterocycles. The number of nitrogens with zero attached hydrogens (tertiary/aromatic N) is 1. The van der Waals surface area contributed by atoms with Crippen LogP contribution in [0.5, 0.6) is 11.5 Å². The molecule has 0 aromatic heterocycles. The van der Waals surface area contributed by atoms with Gasteiger partial charge in [0.25, 0.3) is 11.1 Å². The topological polar surface area (TPSA) is 55.8 Å². The van der Waals surface area contributed by atoms with E-state index in [1.54, 1.807) is 25.3 Å². The average Bonchev–Trinajstić information content (AvgIpc) is 2.95. The van der Waals surface area contributed by atoms with Crippen LogP contribution in [0.4, 0.5) is 4.79 Å². The number of rotatable bonds is 6. The molecule has 1 fully saturated rings. The van der Waals surface area contributed by atoms with Crippen LogP contribution in [0.2, 0.25) is 5.02 Å². The van der Waals surface area contributed by atoms with Gasteiger partial charge in [0.15, 0.2) is 11.5 Å². The van der Waals surface area contributed by atoms with E-state index in [9.17, 15) is 9.59 Å². The van der Waals surface area contributed by atoms with Crippen LogP contribution >= 0.6 is 39.3 Å². The zero-order valence-electron chi connectivity index (χ0n) is 16.1. The maximum absolute atomic E-state index is 12.5. The highest BCUT2D eigenvalue weighted by Crippen LogP contribution is 2.40. The van der Waals surface area contributed by atoms with Crippen molar-refractivity contribution >= 4 is 56.5 Å². The summed E-state index contributed by atoms with van der Waals surface area (Å²) in [5, 5.41) is 0.363. The molecule has 1 heterocycles. The van der Waals surface area contributed by atoms with Gasteiger partial charge in [-0.05, 0) is 71.4 Å². The van der Waals surface area contributed by atoms with E-state index in [4.69, 9.17) is 21.1 Å². The molecule has 3 rings (SSSR count). The Labute approximate surface area is 187 Å². The molecular weight excluding hydrogens is 478 g/mol. The van der Waals surface area contributed by atoms with Gasteiger partial charge in [-0.2, -0.15) is 0 Å². The number of benzene rings is 2. The molecule has 5 nitrogen and oxygen atoms in total. The van der Waals surface area contributed by atoms with Crippen molar-refractivity contribution in [3.63, 3.8) is 0 Å². The lowest BCUT2D eigenvalue weighted by Crippen LogP contribution is -2.34. The molecule has 2 aromatic rings. The van der Waals surface area contributed by atoms with E-state index in [1.807, 2.05) is 38.1 Å². The van der Waals surface area contributed by atoms with Crippen molar-refractivity contribution in [2.24, 2.45) is 0 Å². The molecule has 0 bridgehead atoms. The molecule has 152 valence electrons. The summed E-state index contributed by atoms with van der Waals surface area (Å²) in [5.74, 6) is 0.741. The van der Waals surface area contributed by atoms with E-state index in [0.717, 1.165) is 17.3 Å². The number of carbonyl (C=O) groups is 2. The lowest BCUT2D eigenvalue weighted by atomic mass is 10.1. The molecular formula is C21H19BrClNO4S. The van der Waals surface area contributed by atoms with Gasteiger partial charge in [0, 0.05) is 16.6 Å². The van der Waals surface area contributed by atoms with E-state index in [-0.39, 0.29) is 23.8 Å². The number of hydrogen-bond acceptors (Lipinski definition) is 5. The maximum Gasteiger partial charge on any atom is 0.293 e. The lowest BCUT2D eigenvalue weighted by molar-refractivity contribution is -0.123. The monoisotopic (exact) mass is 495 g/mol. The van der Waals surface area contributed by atoms with Crippen molar-refractivity contribution in [1.29, 1.82) is 0 Å². The Morgan fingerprint density at radius 3 is 2.59 bits per heavy atom. The quantitative estimate of drug-likeness (QED) is 0.450. The third-order valence-corrected chi connectivity index (χ3v) is 6.06. The summed E-state index contributed by atoms with van der Waals surface area (Å²) < 4.78 is 12.1. The first-order valence-corrected chi connectivity index (χ1v) is 10.8. The molecule has 0 aliphatic carbocycles. The fourth-order valence-electron chi connectivity index (χ4n) is 2.80. The van der Waals surface area contributed by atoms with Gasteiger partial charge >= 0.3 is 0 Å². The highest BCUT2D eigenvalue weighted by Gasteiger charge is 2.36. The van der Waals surface area contributed by atoms with Crippen LogP contribution in [0, 0.1) is 0 Å². The van der Waals surface area contributed by atoms with Crippen LogP contribution in [-0.2, 0) is 11.4 Å². The predicted molar refractivity (Wildman–Crippen MR) is 119 cm³/mol. The third kappa shape index (κ3) is 4.79. The molecule has 8 heteroatoms. The highest BCUT2D eigenvalue weighted by molar-refractivity contribution is 9.10. The second-order valence-corrected chi connectivity index (χ2v) is 8.81. The molecule has 0 atom stereocenters. The molecule has 1 saturated heterocycles. The number of ether oxygens (including phenoxy) is 2. The minimum absolute atomic E-state index is 0.185. The first-order chi connectivity index (χ1) is 13.8. The Hall–Kier alpha value is -1.96. The Kier molecular flexibility index (Phi) is 6.93. The van der Waals surface area contributed by atoms with E-state index in [0.29, 0.717) is 31.5 Å². The van der Waals surface area contributed by atoms with Crippen LogP contribution in [-0.4, -0.2) is 29.2 Å². The number of methoxy groups -OCH3 is 1. The smallest absolute Gasteiger partial charge is 0.293 e. The van der Waals surface area contributed by atoms with Gasteiger partial charge in [-0.3, -0.25) is 14.5 Å². The normalized spacial score (nSPS) is 15.5. The van der Waals surface area contributed by atoms with E-state index in [1.165, 1.54) is 4.90 Å². The molecule has 1 aliphatic rings. The molecule has 2 aromatic carbocycles. The number of imide groups is 1. The van der Waals surface area contributed by atoms with Gasteiger partial charge in [-0.15, -0.1) is 0 Å². The van der Waals surface area contributed by atoms with Crippen LogP contribution < -0.4 is 9.47 Å². The molecule has 0 radical (unpaired) electrons.